The lowest BCUT2D eigenvalue weighted by atomic mass is 10.2. The molecule has 31 heavy (non-hydrogen) atoms. The highest BCUT2D eigenvalue weighted by Gasteiger charge is 2.22. The predicted octanol–water partition coefficient (Wildman–Crippen LogP) is 3.73. The topological polar surface area (TPSA) is 66.9 Å². The number of amides is 1. The summed E-state index contributed by atoms with van der Waals surface area (Å²) in [7, 11) is -3.74. The van der Waals surface area contributed by atoms with E-state index in [1.165, 1.54) is 10.5 Å². The van der Waals surface area contributed by atoms with E-state index < -0.39 is 16.1 Å². The second-order valence-electron chi connectivity index (χ2n) is 7.79. The maximum Gasteiger partial charge on any atom is 0.264 e. The number of hydrogen-bond acceptors (Lipinski definition) is 4. The Morgan fingerprint density at radius 1 is 1.10 bits per heavy atom. The van der Waals surface area contributed by atoms with Gasteiger partial charge in [0.05, 0.1) is 17.5 Å². The van der Waals surface area contributed by atoms with Crippen molar-refractivity contribution in [2.24, 2.45) is 0 Å². The number of nitrogens with zero attached hydrogens (tertiary/aromatic N) is 2. The fourth-order valence-corrected chi connectivity index (χ4v) is 4.66. The Labute approximate surface area is 185 Å². The quantitative estimate of drug-likeness (QED) is 0.594. The fourth-order valence-electron chi connectivity index (χ4n) is 3.36. The SMILES string of the molecule is Cc1ccc(S(=O)(=O)N(/C=C/C(C)OCC(=O)N2CCCC2)Cc2ccccc2)cc1. The first-order valence-corrected chi connectivity index (χ1v) is 12.0. The molecule has 0 spiro atoms. The lowest BCUT2D eigenvalue weighted by Gasteiger charge is -2.22. The van der Waals surface area contributed by atoms with E-state index in [1.54, 1.807) is 42.2 Å². The summed E-state index contributed by atoms with van der Waals surface area (Å²) >= 11 is 0. The highest BCUT2D eigenvalue weighted by molar-refractivity contribution is 7.89. The van der Waals surface area contributed by atoms with Gasteiger partial charge >= 0.3 is 0 Å². The lowest BCUT2D eigenvalue weighted by Crippen LogP contribution is -2.32. The molecule has 1 aliphatic heterocycles. The minimum absolute atomic E-state index is 0.00506. The van der Waals surface area contributed by atoms with Crippen LogP contribution in [0.5, 0.6) is 0 Å². The van der Waals surface area contributed by atoms with E-state index in [0.29, 0.717) is 0 Å². The second kappa shape index (κ2) is 10.6. The number of ether oxygens (including phenoxy) is 1. The van der Waals surface area contributed by atoms with E-state index in [2.05, 4.69) is 0 Å². The van der Waals surface area contributed by atoms with Gasteiger partial charge < -0.3 is 9.64 Å². The zero-order valence-corrected chi connectivity index (χ0v) is 18.9. The summed E-state index contributed by atoms with van der Waals surface area (Å²) in [6, 6.07) is 16.2. The molecule has 1 heterocycles. The number of hydrogen-bond donors (Lipinski definition) is 0. The molecule has 6 nitrogen and oxygen atoms in total. The van der Waals surface area contributed by atoms with Gasteiger partial charge in [-0.3, -0.25) is 9.10 Å². The molecule has 1 saturated heterocycles. The second-order valence-corrected chi connectivity index (χ2v) is 9.69. The van der Waals surface area contributed by atoms with E-state index >= 15 is 0 Å². The van der Waals surface area contributed by atoms with Crippen molar-refractivity contribution in [2.75, 3.05) is 19.7 Å². The van der Waals surface area contributed by atoms with Gasteiger partial charge in [0.1, 0.15) is 6.61 Å². The third kappa shape index (κ3) is 6.42. The molecule has 1 unspecified atom stereocenters. The first-order valence-electron chi connectivity index (χ1n) is 10.6. The van der Waals surface area contributed by atoms with Crippen LogP contribution in [0, 0.1) is 6.92 Å². The molecule has 0 aliphatic carbocycles. The molecule has 1 amide bonds. The normalized spacial score (nSPS) is 15.4. The number of aryl methyl sites for hydroxylation is 1. The Morgan fingerprint density at radius 3 is 2.39 bits per heavy atom. The smallest absolute Gasteiger partial charge is 0.264 e. The summed E-state index contributed by atoms with van der Waals surface area (Å²) in [5.74, 6) is -0.0221. The van der Waals surface area contributed by atoms with E-state index in [4.69, 9.17) is 4.74 Å². The molecule has 1 aliphatic rings. The van der Waals surface area contributed by atoms with Crippen LogP contribution in [0.15, 0.2) is 71.8 Å². The molecular weight excluding hydrogens is 412 g/mol. The first kappa shape index (κ1) is 23.0. The van der Waals surface area contributed by atoms with Crippen LogP contribution >= 0.6 is 0 Å². The molecule has 3 rings (SSSR count). The van der Waals surface area contributed by atoms with Crippen molar-refractivity contribution in [1.82, 2.24) is 9.21 Å². The minimum Gasteiger partial charge on any atom is -0.365 e. The van der Waals surface area contributed by atoms with Crippen molar-refractivity contribution >= 4 is 15.9 Å². The highest BCUT2D eigenvalue weighted by atomic mass is 32.2. The van der Waals surface area contributed by atoms with Crippen LogP contribution in [-0.4, -0.2) is 49.3 Å². The Kier molecular flexibility index (Phi) is 7.87. The average Bonchev–Trinajstić information content (AvgIpc) is 3.31. The number of benzene rings is 2. The molecular formula is C24H30N2O4S. The minimum atomic E-state index is -3.74. The summed E-state index contributed by atoms with van der Waals surface area (Å²) in [6.07, 6.45) is 4.87. The van der Waals surface area contributed by atoms with E-state index in [-0.39, 0.29) is 24.0 Å². The van der Waals surface area contributed by atoms with Gasteiger partial charge in [0.25, 0.3) is 10.0 Å². The first-order chi connectivity index (χ1) is 14.9. The van der Waals surface area contributed by atoms with Crippen molar-refractivity contribution in [1.29, 1.82) is 0 Å². The molecule has 2 aromatic rings. The van der Waals surface area contributed by atoms with Crippen LogP contribution in [0.4, 0.5) is 0 Å². The monoisotopic (exact) mass is 442 g/mol. The molecule has 0 N–H and O–H groups in total. The van der Waals surface area contributed by atoms with Gasteiger partial charge in [-0.25, -0.2) is 8.42 Å². The Bertz CT molecular complexity index is 982. The number of carbonyl (C=O) groups is 1. The predicted molar refractivity (Wildman–Crippen MR) is 121 cm³/mol. The summed E-state index contributed by atoms with van der Waals surface area (Å²) in [4.78, 5) is 14.2. The van der Waals surface area contributed by atoms with Crippen LogP contribution in [0.1, 0.15) is 30.9 Å². The summed E-state index contributed by atoms with van der Waals surface area (Å²) < 4.78 is 33.5. The van der Waals surface area contributed by atoms with Gasteiger partial charge in [0.15, 0.2) is 0 Å². The van der Waals surface area contributed by atoms with Gasteiger partial charge in [0, 0.05) is 19.3 Å². The van der Waals surface area contributed by atoms with Gasteiger partial charge in [0.2, 0.25) is 5.91 Å². The van der Waals surface area contributed by atoms with Crippen LogP contribution in [0.3, 0.4) is 0 Å². The van der Waals surface area contributed by atoms with Crippen molar-refractivity contribution in [3.05, 3.63) is 78.0 Å². The summed E-state index contributed by atoms with van der Waals surface area (Å²) in [6.45, 7) is 5.48. The van der Waals surface area contributed by atoms with Crippen LogP contribution < -0.4 is 0 Å². The standard InChI is InChI=1S/C24H30N2O4S/c1-20-10-12-23(13-11-20)31(28,29)26(18-22-8-4-3-5-9-22)17-14-21(2)30-19-24(27)25-15-6-7-16-25/h3-5,8-14,17,21H,6-7,15-16,18-19H2,1-2H3/b17-14+. The molecule has 0 radical (unpaired) electrons. The molecule has 0 aromatic heterocycles. The Balaban J connectivity index is 1.72. The number of likely N-dealkylation sites (tertiary alicyclic amines) is 1. The molecule has 0 saturated carbocycles. The maximum atomic E-state index is 13.3. The van der Waals surface area contributed by atoms with E-state index in [9.17, 15) is 13.2 Å². The number of carbonyl (C=O) groups excluding carboxylic acids is 1. The zero-order chi connectivity index (χ0) is 22.3. The average molecular weight is 443 g/mol. The van der Waals surface area contributed by atoms with E-state index in [1.807, 2.05) is 37.3 Å². The van der Waals surface area contributed by atoms with Crippen LogP contribution in [0.25, 0.3) is 0 Å². The molecule has 1 fully saturated rings. The third-order valence-electron chi connectivity index (χ3n) is 5.26. The fraction of sp³-hybridized carbons (Fsp3) is 0.375. The van der Waals surface area contributed by atoms with Gasteiger partial charge in [-0.15, -0.1) is 0 Å². The molecule has 7 heteroatoms. The van der Waals surface area contributed by atoms with Crippen molar-refractivity contribution < 1.29 is 17.9 Å². The van der Waals surface area contributed by atoms with Gasteiger partial charge in [-0.2, -0.15) is 0 Å². The van der Waals surface area contributed by atoms with Crippen molar-refractivity contribution in [3.63, 3.8) is 0 Å². The van der Waals surface area contributed by atoms with Gasteiger partial charge in [-0.05, 0) is 50.5 Å². The third-order valence-corrected chi connectivity index (χ3v) is 7.00. The maximum absolute atomic E-state index is 13.3. The zero-order valence-electron chi connectivity index (χ0n) is 18.1. The molecule has 1 atom stereocenters. The van der Waals surface area contributed by atoms with E-state index in [0.717, 1.165) is 37.1 Å². The summed E-state index contributed by atoms with van der Waals surface area (Å²) in [5.41, 5.74) is 1.87. The van der Waals surface area contributed by atoms with Crippen molar-refractivity contribution in [3.8, 4) is 0 Å². The largest absolute Gasteiger partial charge is 0.365 e. The Hall–Kier alpha value is -2.64. The lowest BCUT2D eigenvalue weighted by molar-refractivity contribution is -0.135. The molecule has 2 aromatic carbocycles. The Morgan fingerprint density at radius 2 is 1.74 bits per heavy atom. The van der Waals surface area contributed by atoms with Crippen LogP contribution in [-0.2, 0) is 26.1 Å². The number of rotatable bonds is 9. The van der Waals surface area contributed by atoms with Crippen molar-refractivity contribution in [2.45, 2.75) is 44.2 Å². The van der Waals surface area contributed by atoms with Gasteiger partial charge in [-0.1, -0.05) is 48.0 Å². The molecule has 166 valence electrons. The number of sulfonamides is 1. The summed E-state index contributed by atoms with van der Waals surface area (Å²) in [5, 5.41) is 0. The van der Waals surface area contributed by atoms with Crippen LogP contribution in [0.2, 0.25) is 0 Å². The highest BCUT2D eigenvalue weighted by Crippen LogP contribution is 2.20. The molecule has 0 bridgehead atoms.